The molecule has 2 heterocycles. The lowest BCUT2D eigenvalue weighted by atomic mass is 10.1. The lowest BCUT2D eigenvalue weighted by Gasteiger charge is -2.34. The average Bonchev–Trinajstić information content (AvgIpc) is 2.63. The topological polar surface area (TPSA) is 51.4 Å². The number of hydrogen-bond donors (Lipinski definition) is 1. The van der Waals surface area contributed by atoms with Crippen LogP contribution in [0.4, 0.5) is 5.13 Å². The number of aromatic nitrogens is 1. The number of ether oxygens (including phenoxy) is 1. The molecule has 0 atom stereocenters. The molecule has 2 rings (SSSR count). The van der Waals surface area contributed by atoms with Crippen molar-refractivity contribution in [3.63, 3.8) is 0 Å². The fourth-order valence-corrected chi connectivity index (χ4v) is 2.92. The van der Waals surface area contributed by atoms with Gasteiger partial charge in [0, 0.05) is 17.8 Å². The van der Waals surface area contributed by atoms with Crippen molar-refractivity contribution in [2.75, 3.05) is 12.3 Å². The molecule has 4 nitrogen and oxygen atoms in total. The Morgan fingerprint density at radius 3 is 2.83 bits per heavy atom. The van der Waals surface area contributed by atoms with Gasteiger partial charge in [0.2, 0.25) is 0 Å². The second-order valence-corrected chi connectivity index (χ2v) is 6.55. The zero-order valence-electron chi connectivity index (χ0n) is 11.5. The maximum absolute atomic E-state index is 5.99. The number of fused-ring (bicyclic) bond motifs is 1. The minimum Gasteiger partial charge on any atom is -0.474 e. The maximum Gasteiger partial charge on any atom is 0.185 e. The highest BCUT2D eigenvalue weighted by Crippen LogP contribution is 2.29. The summed E-state index contributed by atoms with van der Waals surface area (Å²) < 4.78 is 5.99. The van der Waals surface area contributed by atoms with Gasteiger partial charge in [-0.25, -0.2) is 4.98 Å². The number of nitrogens with zero attached hydrogens (tertiary/aromatic N) is 2. The van der Waals surface area contributed by atoms with E-state index in [-0.39, 0.29) is 5.60 Å². The van der Waals surface area contributed by atoms with Gasteiger partial charge in [0.25, 0.3) is 0 Å². The van der Waals surface area contributed by atoms with Crippen LogP contribution >= 0.6 is 11.3 Å². The van der Waals surface area contributed by atoms with Gasteiger partial charge in [-0.3, -0.25) is 0 Å². The van der Waals surface area contributed by atoms with Crippen molar-refractivity contribution in [3.05, 3.63) is 22.5 Å². The third-order valence-electron chi connectivity index (χ3n) is 2.72. The third-order valence-corrected chi connectivity index (χ3v) is 3.63. The number of allylic oxidation sites excluding steroid dienone is 1. The Morgan fingerprint density at radius 1 is 1.50 bits per heavy atom. The Balaban J connectivity index is 2.12. The molecule has 0 saturated heterocycles. The van der Waals surface area contributed by atoms with Crippen molar-refractivity contribution < 1.29 is 4.74 Å². The Labute approximate surface area is 112 Å². The summed E-state index contributed by atoms with van der Waals surface area (Å²) in [6, 6.07) is 0. The third kappa shape index (κ3) is 2.96. The first-order chi connectivity index (χ1) is 8.39. The highest BCUT2D eigenvalue weighted by Gasteiger charge is 2.24. The fourth-order valence-electron chi connectivity index (χ4n) is 2.02. The Morgan fingerprint density at radius 2 is 2.22 bits per heavy atom. The van der Waals surface area contributed by atoms with Crippen LogP contribution in [0.3, 0.4) is 0 Å². The van der Waals surface area contributed by atoms with Gasteiger partial charge in [0.05, 0.1) is 12.2 Å². The Bertz CT molecular complexity index is 459. The maximum atomic E-state index is 5.99. The first-order valence-electron chi connectivity index (χ1n) is 6.23. The van der Waals surface area contributed by atoms with Crippen molar-refractivity contribution >= 4 is 16.5 Å². The fraction of sp³-hybridized carbons (Fsp3) is 0.615. The van der Waals surface area contributed by atoms with Crippen LogP contribution in [0.15, 0.2) is 12.0 Å². The summed E-state index contributed by atoms with van der Waals surface area (Å²) in [7, 11) is 0. The molecule has 1 aliphatic rings. The van der Waals surface area contributed by atoms with Crippen LogP contribution in [-0.2, 0) is 17.7 Å². The van der Waals surface area contributed by atoms with Crippen LogP contribution in [0, 0.1) is 0 Å². The van der Waals surface area contributed by atoms with E-state index < -0.39 is 0 Å². The van der Waals surface area contributed by atoms with E-state index in [2.05, 4.69) is 30.7 Å². The number of nitrogen functional groups attached to an aromatic ring is 1. The predicted molar refractivity (Wildman–Crippen MR) is 75.2 cm³/mol. The summed E-state index contributed by atoms with van der Waals surface area (Å²) in [5.41, 5.74) is 6.74. The standard InChI is InChI=1S/C13H21N3OS/c1-5-11(17-13(2,3)4)16-7-6-9-10(8-16)18-12(14)15-9/h5H,6-8H2,1-4H3,(H2,14,15)/b11-5-. The summed E-state index contributed by atoms with van der Waals surface area (Å²) >= 11 is 1.58. The van der Waals surface area contributed by atoms with E-state index in [1.54, 1.807) is 11.3 Å². The van der Waals surface area contributed by atoms with E-state index in [4.69, 9.17) is 10.5 Å². The molecule has 0 amide bonds. The van der Waals surface area contributed by atoms with Crippen LogP contribution in [0.2, 0.25) is 0 Å². The van der Waals surface area contributed by atoms with Gasteiger partial charge in [0.15, 0.2) is 11.0 Å². The summed E-state index contributed by atoms with van der Waals surface area (Å²) in [6.07, 6.45) is 2.97. The predicted octanol–water partition coefficient (Wildman–Crippen LogP) is 2.76. The second kappa shape index (κ2) is 4.80. The first-order valence-corrected chi connectivity index (χ1v) is 7.05. The molecule has 0 aliphatic carbocycles. The molecule has 100 valence electrons. The zero-order valence-corrected chi connectivity index (χ0v) is 12.3. The van der Waals surface area contributed by atoms with Crippen LogP contribution in [0.25, 0.3) is 0 Å². The van der Waals surface area contributed by atoms with Gasteiger partial charge in [-0.2, -0.15) is 0 Å². The SMILES string of the molecule is C/C=C(\OC(C)(C)C)N1CCc2nc(N)sc2C1. The van der Waals surface area contributed by atoms with Crippen molar-refractivity contribution in [1.29, 1.82) is 0 Å². The monoisotopic (exact) mass is 267 g/mol. The van der Waals surface area contributed by atoms with Gasteiger partial charge in [-0.1, -0.05) is 0 Å². The van der Waals surface area contributed by atoms with E-state index in [0.29, 0.717) is 5.13 Å². The molecule has 1 aliphatic heterocycles. The Hall–Kier alpha value is -1.23. The van der Waals surface area contributed by atoms with Crippen LogP contribution in [0.1, 0.15) is 38.3 Å². The summed E-state index contributed by atoms with van der Waals surface area (Å²) in [5.74, 6) is 0.945. The van der Waals surface area contributed by atoms with Crippen LogP contribution in [-0.4, -0.2) is 22.0 Å². The Kier molecular flexibility index (Phi) is 3.52. The summed E-state index contributed by atoms with van der Waals surface area (Å²) in [4.78, 5) is 7.87. The second-order valence-electron chi connectivity index (χ2n) is 5.43. The van der Waals surface area contributed by atoms with Gasteiger partial charge in [-0.05, 0) is 33.8 Å². The zero-order chi connectivity index (χ0) is 13.3. The normalized spacial score (nSPS) is 16.7. The van der Waals surface area contributed by atoms with Gasteiger partial charge in [0.1, 0.15) is 5.60 Å². The van der Waals surface area contributed by atoms with E-state index >= 15 is 0 Å². The number of anilines is 1. The van der Waals surface area contributed by atoms with Crippen molar-refractivity contribution in [2.24, 2.45) is 0 Å². The quantitative estimate of drug-likeness (QED) is 0.837. The highest BCUT2D eigenvalue weighted by molar-refractivity contribution is 7.15. The molecule has 1 aromatic heterocycles. The molecule has 18 heavy (non-hydrogen) atoms. The first kappa shape index (κ1) is 13.2. The van der Waals surface area contributed by atoms with Gasteiger partial charge >= 0.3 is 0 Å². The molecule has 0 saturated carbocycles. The van der Waals surface area contributed by atoms with E-state index in [0.717, 1.165) is 31.1 Å². The number of rotatable bonds is 2. The van der Waals surface area contributed by atoms with Gasteiger partial charge in [-0.15, -0.1) is 11.3 Å². The summed E-state index contributed by atoms with van der Waals surface area (Å²) in [6.45, 7) is 9.99. The number of hydrogen-bond acceptors (Lipinski definition) is 5. The van der Waals surface area contributed by atoms with E-state index in [1.807, 2.05) is 13.0 Å². The molecule has 1 aromatic rings. The molecule has 2 N–H and O–H groups in total. The van der Waals surface area contributed by atoms with Crippen LogP contribution < -0.4 is 5.73 Å². The smallest absolute Gasteiger partial charge is 0.185 e. The number of thiazole rings is 1. The summed E-state index contributed by atoms with van der Waals surface area (Å²) in [5, 5.41) is 0.667. The van der Waals surface area contributed by atoms with E-state index in [1.165, 1.54) is 4.88 Å². The van der Waals surface area contributed by atoms with Crippen molar-refractivity contribution in [3.8, 4) is 0 Å². The number of nitrogens with two attached hydrogens (primary N) is 1. The minimum atomic E-state index is -0.172. The molecule has 0 aromatic carbocycles. The van der Waals surface area contributed by atoms with Crippen molar-refractivity contribution in [2.45, 2.75) is 46.3 Å². The lowest BCUT2D eigenvalue weighted by Crippen LogP contribution is -2.33. The minimum absolute atomic E-state index is 0.172. The molecule has 0 fully saturated rings. The average molecular weight is 267 g/mol. The molecule has 0 unspecified atom stereocenters. The van der Waals surface area contributed by atoms with E-state index in [9.17, 15) is 0 Å². The highest BCUT2D eigenvalue weighted by atomic mass is 32.1. The largest absolute Gasteiger partial charge is 0.474 e. The molecule has 0 spiro atoms. The van der Waals surface area contributed by atoms with Gasteiger partial charge < -0.3 is 15.4 Å². The molecule has 0 radical (unpaired) electrons. The van der Waals surface area contributed by atoms with Crippen molar-refractivity contribution in [1.82, 2.24) is 9.88 Å². The molecule has 5 heteroatoms. The molecular formula is C13H21N3OS. The lowest BCUT2D eigenvalue weighted by molar-refractivity contribution is -0.00209. The molecular weight excluding hydrogens is 246 g/mol. The van der Waals surface area contributed by atoms with Crippen LogP contribution in [0.5, 0.6) is 0 Å². The molecule has 0 bridgehead atoms.